The highest BCUT2D eigenvalue weighted by atomic mass is 32.2. The fourth-order valence-electron chi connectivity index (χ4n) is 2.84. The van der Waals surface area contributed by atoms with Crippen LogP contribution in [-0.4, -0.2) is 38.5 Å². The van der Waals surface area contributed by atoms with Gasteiger partial charge in [0.05, 0.1) is 18.9 Å². The van der Waals surface area contributed by atoms with Crippen LogP contribution in [0.15, 0.2) is 70.8 Å². The molecular weight excluding hydrogens is 378 g/mol. The number of hydrogen-bond donors (Lipinski definition) is 1. The highest BCUT2D eigenvalue weighted by Gasteiger charge is 2.31. The third kappa shape index (κ3) is 3.91. The number of hydrogen-bond acceptors (Lipinski definition) is 4. The summed E-state index contributed by atoms with van der Waals surface area (Å²) >= 11 is 0. The van der Waals surface area contributed by atoms with Gasteiger partial charge in [-0.25, -0.2) is 4.31 Å². The number of nitrogens with one attached hydrogen (secondary N) is 1. The number of carbonyl (C=O) groups is 1. The van der Waals surface area contributed by atoms with Crippen LogP contribution in [0.1, 0.15) is 24.1 Å². The molecule has 0 bridgehead atoms. The zero-order valence-corrected chi connectivity index (χ0v) is 16.6. The molecule has 2 aromatic rings. The summed E-state index contributed by atoms with van der Waals surface area (Å²) in [5, 5.41) is 2.84. The van der Waals surface area contributed by atoms with Crippen LogP contribution in [0.2, 0.25) is 0 Å². The van der Waals surface area contributed by atoms with Gasteiger partial charge in [0.15, 0.2) is 0 Å². The molecule has 0 spiro atoms. The van der Waals surface area contributed by atoms with E-state index in [1.165, 1.54) is 20.2 Å². The van der Waals surface area contributed by atoms with E-state index in [2.05, 4.69) is 9.71 Å². The van der Waals surface area contributed by atoms with Gasteiger partial charge in [0.25, 0.3) is 5.91 Å². The van der Waals surface area contributed by atoms with Gasteiger partial charge in [-0.3, -0.25) is 4.79 Å². The first-order chi connectivity index (χ1) is 13.3. The van der Waals surface area contributed by atoms with E-state index in [0.29, 0.717) is 11.3 Å². The van der Waals surface area contributed by atoms with Crippen molar-refractivity contribution < 1.29 is 17.9 Å². The summed E-state index contributed by atoms with van der Waals surface area (Å²) in [6.45, 7) is 1.83. The van der Waals surface area contributed by atoms with Gasteiger partial charge in [-0.05, 0) is 30.7 Å². The maximum atomic E-state index is 12.8. The van der Waals surface area contributed by atoms with E-state index >= 15 is 0 Å². The fourth-order valence-corrected chi connectivity index (χ4v) is 3.75. The second kappa shape index (κ2) is 7.85. The minimum atomic E-state index is -4.04. The van der Waals surface area contributed by atoms with Crippen LogP contribution in [0, 0.1) is 0 Å². The summed E-state index contributed by atoms with van der Waals surface area (Å²) in [5.41, 5.74) is 1.53. The number of allylic oxidation sites excluding steroid dienone is 1. The number of methoxy groups -OCH3 is 1. The molecule has 0 aliphatic carbocycles. The molecule has 1 heterocycles. The zero-order valence-electron chi connectivity index (χ0n) is 15.8. The molecule has 2 aromatic carbocycles. The van der Waals surface area contributed by atoms with Crippen LogP contribution in [0.25, 0.3) is 0 Å². The minimum absolute atomic E-state index is 0.0151. The van der Waals surface area contributed by atoms with E-state index in [-0.39, 0.29) is 17.5 Å². The molecule has 1 unspecified atom stereocenters. The van der Waals surface area contributed by atoms with Crippen molar-refractivity contribution in [2.24, 2.45) is 4.40 Å². The Morgan fingerprint density at radius 3 is 2.43 bits per heavy atom. The van der Waals surface area contributed by atoms with Crippen LogP contribution in [0.5, 0.6) is 5.75 Å². The van der Waals surface area contributed by atoms with Crippen molar-refractivity contribution in [1.29, 1.82) is 0 Å². The van der Waals surface area contributed by atoms with Crippen molar-refractivity contribution in [2.75, 3.05) is 14.2 Å². The Kier molecular flexibility index (Phi) is 5.51. The second-order valence-electron chi connectivity index (χ2n) is 6.26. The smallest absolute Gasteiger partial charge is 0.345 e. The van der Waals surface area contributed by atoms with Gasteiger partial charge in [0.2, 0.25) is 0 Å². The van der Waals surface area contributed by atoms with Crippen LogP contribution in [0.3, 0.4) is 0 Å². The van der Waals surface area contributed by atoms with Gasteiger partial charge in [-0.15, -0.1) is 4.40 Å². The van der Waals surface area contributed by atoms with Crippen LogP contribution in [-0.2, 0) is 15.0 Å². The fraction of sp³-hybridized carbons (Fsp3) is 0.200. The Labute approximate surface area is 164 Å². The van der Waals surface area contributed by atoms with Crippen molar-refractivity contribution in [3.8, 4) is 5.75 Å². The lowest BCUT2D eigenvalue weighted by Gasteiger charge is -2.25. The second-order valence-corrected chi connectivity index (χ2v) is 7.88. The van der Waals surface area contributed by atoms with Gasteiger partial charge in [0, 0.05) is 12.6 Å². The molecule has 0 saturated heterocycles. The van der Waals surface area contributed by atoms with E-state index in [9.17, 15) is 13.2 Å². The Bertz CT molecular complexity index is 1050. The van der Waals surface area contributed by atoms with Crippen LogP contribution >= 0.6 is 0 Å². The minimum Gasteiger partial charge on any atom is -0.496 e. The zero-order chi connectivity index (χ0) is 20.3. The lowest BCUT2D eigenvalue weighted by atomic mass is 10.1. The molecule has 1 atom stereocenters. The number of benzene rings is 2. The normalized spacial score (nSPS) is 16.6. The molecule has 1 amide bonds. The Morgan fingerprint density at radius 1 is 1.11 bits per heavy atom. The van der Waals surface area contributed by atoms with E-state index < -0.39 is 16.1 Å². The molecule has 0 aromatic heterocycles. The molecule has 8 heteroatoms. The Morgan fingerprint density at radius 2 is 1.75 bits per heavy atom. The van der Waals surface area contributed by atoms with E-state index in [1.807, 2.05) is 37.3 Å². The summed E-state index contributed by atoms with van der Waals surface area (Å²) in [7, 11) is -1.25. The van der Waals surface area contributed by atoms with Gasteiger partial charge >= 0.3 is 10.2 Å². The molecule has 7 nitrogen and oxygen atoms in total. The number of nitrogens with zero attached hydrogens (tertiary/aromatic N) is 2. The Hall–Kier alpha value is -3.13. The molecular formula is C20H21N3O4S. The van der Waals surface area contributed by atoms with Crippen molar-refractivity contribution in [2.45, 2.75) is 13.0 Å². The highest BCUT2D eigenvalue weighted by molar-refractivity contribution is 7.88. The summed E-state index contributed by atoms with van der Waals surface area (Å²) in [6.07, 6.45) is 1.45. The quantitative estimate of drug-likeness (QED) is 0.836. The molecule has 0 fully saturated rings. The molecule has 28 heavy (non-hydrogen) atoms. The van der Waals surface area contributed by atoms with Gasteiger partial charge in [-0.1, -0.05) is 42.5 Å². The molecule has 0 saturated carbocycles. The molecule has 1 aliphatic rings. The SMILES string of the molecule is COc1ccccc1C1=NS(=O)(=O)N(C)C(C(=O)NC(C)c2ccccc2)=C1. The number of para-hydroxylation sites is 1. The number of rotatable bonds is 5. The number of amides is 1. The molecule has 1 aliphatic heterocycles. The summed E-state index contributed by atoms with van der Waals surface area (Å²) < 4.78 is 35.0. The van der Waals surface area contributed by atoms with Crippen LogP contribution in [0.4, 0.5) is 0 Å². The maximum absolute atomic E-state index is 12.8. The predicted octanol–water partition coefficient (Wildman–Crippen LogP) is 2.44. The van der Waals surface area contributed by atoms with Crippen molar-refractivity contribution in [3.05, 3.63) is 77.5 Å². The molecule has 1 N–H and O–H groups in total. The van der Waals surface area contributed by atoms with Crippen LogP contribution < -0.4 is 10.1 Å². The summed E-state index contributed by atoms with van der Waals surface area (Å²) in [6, 6.07) is 16.0. The van der Waals surface area contributed by atoms with Crippen molar-refractivity contribution in [1.82, 2.24) is 9.62 Å². The monoisotopic (exact) mass is 399 g/mol. The number of ether oxygens (including phenoxy) is 1. The standard InChI is InChI=1S/C20H21N3O4S/c1-14(15-9-5-4-6-10-15)21-20(24)18-13-17(22-28(25,26)23(18)2)16-11-7-8-12-19(16)27-3/h4-14H,1-3H3,(H,21,24). The van der Waals surface area contributed by atoms with Gasteiger partial charge < -0.3 is 10.1 Å². The van der Waals surface area contributed by atoms with Crippen molar-refractivity contribution in [3.63, 3.8) is 0 Å². The summed E-state index contributed by atoms with van der Waals surface area (Å²) in [5.74, 6) is -0.0422. The van der Waals surface area contributed by atoms with Crippen molar-refractivity contribution >= 4 is 21.8 Å². The largest absolute Gasteiger partial charge is 0.496 e. The maximum Gasteiger partial charge on any atom is 0.345 e. The van der Waals surface area contributed by atoms with Gasteiger partial charge in [-0.2, -0.15) is 8.42 Å². The predicted molar refractivity (Wildman–Crippen MR) is 107 cm³/mol. The van der Waals surface area contributed by atoms with E-state index in [4.69, 9.17) is 4.74 Å². The topological polar surface area (TPSA) is 88.1 Å². The highest BCUT2D eigenvalue weighted by Crippen LogP contribution is 2.25. The average Bonchev–Trinajstić information content (AvgIpc) is 2.70. The number of likely N-dealkylation sites (N-methyl/N-ethyl adjacent to an activating group) is 1. The van der Waals surface area contributed by atoms with E-state index in [0.717, 1.165) is 9.87 Å². The van der Waals surface area contributed by atoms with E-state index in [1.54, 1.807) is 24.3 Å². The lowest BCUT2D eigenvalue weighted by Crippen LogP contribution is -2.39. The molecule has 146 valence electrons. The lowest BCUT2D eigenvalue weighted by molar-refractivity contribution is -0.119. The summed E-state index contributed by atoms with van der Waals surface area (Å²) in [4.78, 5) is 12.8. The first-order valence-corrected chi connectivity index (χ1v) is 10.0. The first-order valence-electron chi connectivity index (χ1n) is 8.63. The Balaban J connectivity index is 1.96. The third-order valence-electron chi connectivity index (χ3n) is 4.44. The first kappa shape index (κ1) is 19.6. The third-order valence-corrected chi connectivity index (χ3v) is 5.75. The average molecular weight is 399 g/mol. The van der Waals surface area contributed by atoms with Gasteiger partial charge in [0.1, 0.15) is 11.4 Å². The molecule has 3 rings (SSSR count). The number of carbonyl (C=O) groups excluding carboxylic acids is 1. The molecule has 0 radical (unpaired) electrons.